The Morgan fingerprint density at radius 2 is 2.20 bits per heavy atom. The van der Waals surface area contributed by atoms with Crippen LogP contribution in [0.3, 0.4) is 0 Å². The second-order valence-corrected chi connectivity index (χ2v) is 7.37. The fraction of sp³-hybridized carbons (Fsp3) is 0.556. The van der Waals surface area contributed by atoms with Crippen LogP contribution in [0.2, 0.25) is 0 Å². The van der Waals surface area contributed by atoms with Crippen LogP contribution in [-0.4, -0.2) is 40.7 Å². The summed E-state index contributed by atoms with van der Waals surface area (Å²) in [7, 11) is 4.11. The van der Waals surface area contributed by atoms with Crippen LogP contribution in [0.1, 0.15) is 42.5 Å². The molecule has 0 aromatic carbocycles. The van der Waals surface area contributed by atoms with Crippen molar-refractivity contribution in [2.75, 3.05) is 20.1 Å². The molecule has 2 aromatic heterocycles. The van der Waals surface area contributed by atoms with Crippen molar-refractivity contribution in [1.29, 1.82) is 0 Å². The van der Waals surface area contributed by atoms with Crippen LogP contribution in [-0.2, 0) is 13.6 Å². The van der Waals surface area contributed by atoms with E-state index < -0.39 is 0 Å². The van der Waals surface area contributed by atoms with Crippen molar-refractivity contribution in [2.45, 2.75) is 40.2 Å². The summed E-state index contributed by atoms with van der Waals surface area (Å²) in [5, 5.41) is 7.42. The number of hydrogen-bond donors (Lipinski definition) is 1. The average Bonchev–Trinajstić information content (AvgIpc) is 3.04. The van der Waals surface area contributed by atoms with E-state index in [4.69, 9.17) is 9.52 Å². The zero-order chi connectivity index (χ0) is 18.6. The van der Waals surface area contributed by atoms with Crippen molar-refractivity contribution in [3.8, 4) is 0 Å². The molecule has 0 saturated carbocycles. The third-order valence-electron chi connectivity index (χ3n) is 4.27. The van der Waals surface area contributed by atoms with Gasteiger partial charge in [0.05, 0.1) is 12.2 Å². The lowest BCUT2D eigenvalue weighted by molar-refractivity contribution is 0.391. The highest BCUT2D eigenvalue weighted by atomic mass is 79.9. The van der Waals surface area contributed by atoms with Gasteiger partial charge < -0.3 is 19.3 Å². The molecule has 25 heavy (non-hydrogen) atoms. The molecule has 2 heterocycles. The predicted octanol–water partition coefficient (Wildman–Crippen LogP) is 3.59. The Morgan fingerprint density at radius 3 is 2.72 bits per heavy atom. The zero-order valence-corrected chi connectivity index (χ0v) is 17.5. The van der Waals surface area contributed by atoms with Crippen LogP contribution in [0, 0.1) is 13.8 Å². The third kappa shape index (κ3) is 4.87. The Bertz CT molecular complexity index is 714. The molecule has 6 nitrogen and oxygen atoms in total. The third-order valence-corrected chi connectivity index (χ3v) is 4.70. The first-order chi connectivity index (χ1) is 11.8. The molecule has 0 saturated heterocycles. The van der Waals surface area contributed by atoms with Crippen molar-refractivity contribution in [3.63, 3.8) is 0 Å². The summed E-state index contributed by atoms with van der Waals surface area (Å²) in [4.78, 5) is 6.97. The smallest absolute Gasteiger partial charge is 0.194 e. The Hall–Kier alpha value is -1.76. The summed E-state index contributed by atoms with van der Waals surface area (Å²) in [6.07, 6.45) is 2.06. The van der Waals surface area contributed by atoms with Gasteiger partial charge in [0.1, 0.15) is 5.76 Å². The van der Waals surface area contributed by atoms with Gasteiger partial charge in [0, 0.05) is 55.0 Å². The van der Waals surface area contributed by atoms with E-state index in [9.17, 15) is 0 Å². The molecule has 0 fully saturated rings. The molecule has 2 aromatic rings. The predicted molar refractivity (Wildman–Crippen MR) is 105 cm³/mol. The molecule has 1 unspecified atom stereocenters. The molecule has 2 rings (SSSR count). The number of halogens is 1. The van der Waals surface area contributed by atoms with E-state index in [0.717, 1.165) is 40.5 Å². The molecule has 0 radical (unpaired) electrons. The molecule has 1 N–H and O–H groups in total. The minimum atomic E-state index is 0.262. The second kappa shape index (κ2) is 8.56. The lowest BCUT2D eigenvalue weighted by atomic mass is 10.00. The van der Waals surface area contributed by atoms with E-state index in [0.29, 0.717) is 6.54 Å². The largest absolute Gasteiger partial charge is 0.361 e. The number of nitrogens with zero attached hydrogens (tertiary/aromatic N) is 4. The summed E-state index contributed by atoms with van der Waals surface area (Å²) in [5.74, 6) is 2.04. The fourth-order valence-corrected chi connectivity index (χ4v) is 3.59. The molecule has 7 heteroatoms. The van der Waals surface area contributed by atoms with Gasteiger partial charge in [0.15, 0.2) is 5.96 Å². The van der Waals surface area contributed by atoms with Gasteiger partial charge in [-0.05, 0) is 42.8 Å². The maximum atomic E-state index is 5.28. The van der Waals surface area contributed by atoms with Gasteiger partial charge in [-0.3, -0.25) is 4.99 Å². The normalized spacial score (nSPS) is 13.2. The molecule has 1 atom stereocenters. The van der Waals surface area contributed by atoms with Gasteiger partial charge in [0.2, 0.25) is 0 Å². The molecule has 138 valence electrons. The Morgan fingerprint density at radius 1 is 1.48 bits per heavy atom. The number of rotatable bonds is 6. The number of aryl methyl sites for hydroxylation is 3. The van der Waals surface area contributed by atoms with E-state index in [1.54, 1.807) is 0 Å². The van der Waals surface area contributed by atoms with Gasteiger partial charge in [-0.1, -0.05) is 12.1 Å². The summed E-state index contributed by atoms with van der Waals surface area (Å²) >= 11 is 3.53. The maximum Gasteiger partial charge on any atom is 0.194 e. The van der Waals surface area contributed by atoms with Crippen LogP contribution in [0.4, 0.5) is 0 Å². The molecule has 0 bridgehead atoms. The summed E-state index contributed by atoms with van der Waals surface area (Å²) in [5.41, 5.74) is 3.33. The highest BCUT2D eigenvalue weighted by Gasteiger charge is 2.17. The first-order valence-corrected chi connectivity index (χ1v) is 9.35. The van der Waals surface area contributed by atoms with Gasteiger partial charge in [0.25, 0.3) is 0 Å². The molecule has 0 amide bonds. The van der Waals surface area contributed by atoms with E-state index in [2.05, 4.69) is 76.1 Å². The Kier molecular flexibility index (Phi) is 6.70. The van der Waals surface area contributed by atoms with Crippen LogP contribution in [0.5, 0.6) is 0 Å². The van der Waals surface area contributed by atoms with Crippen molar-refractivity contribution >= 4 is 21.9 Å². The molecule has 0 aliphatic heterocycles. The molecular formula is C18H28BrN5O. The number of hydrogen-bond acceptors (Lipinski definition) is 3. The van der Waals surface area contributed by atoms with E-state index in [1.807, 2.05) is 13.8 Å². The number of guanidine groups is 1. The number of aliphatic imine (C=N–C) groups is 1. The summed E-state index contributed by atoms with van der Waals surface area (Å²) in [6.45, 7) is 10.5. The quantitative estimate of drug-likeness (QED) is 0.584. The van der Waals surface area contributed by atoms with Gasteiger partial charge in [-0.15, -0.1) is 0 Å². The molecule has 0 aliphatic carbocycles. The van der Waals surface area contributed by atoms with E-state index in [1.165, 1.54) is 5.69 Å². The van der Waals surface area contributed by atoms with Crippen molar-refractivity contribution in [2.24, 2.45) is 12.0 Å². The van der Waals surface area contributed by atoms with Crippen LogP contribution in [0.25, 0.3) is 0 Å². The fourth-order valence-electron chi connectivity index (χ4n) is 3.02. The van der Waals surface area contributed by atoms with Crippen molar-refractivity contribution in [1.82, 2.24) is 19.9 Å². The lowest BCUT2D eigenvalue weighted by Crippen LogP contribution is -2.39. The van der Waals surface area contributed by atoms with Crippen LogP contribution >= 0.6 is 15.9 Å². The minimum Gasteiger partial charge on any atom is -0.361 e. The van der Waals surface area contributed by atoms with Crippen molar-refractivity contribution < 1.29 is 4.52 Å². The van der Waals surface area contributed by atoms with Crippen LogP contribution < -0.4 is 5.32 Å². The second-order valence-electron chi connectivity index (χ2n) is 6.45. The zero-order valence-electron chi connectivity index (χ0n) is 15.9. The Balaban J connectivity index is 2.10. The van der Waals surface area contributed by atoms with Crippen molar-refractivity contribution in [3.05, 3.63) is 39.4 Å². The Labute approximate surface area is 158 Å². The van der Waals surface area contributed by atoms with Crippen LogP contribution in [0.15, 0.2) is 26.3 Å². The summed E-state index contributed by atoms with van der Waals surface area (Å²) in [6, 6.07) is 2.13. The summed E-state index contributed by atoms with van der Waals surface area (Å²) < 4.78 is 8.49. The lowest BCUT2D eigenvalue weighted by Gasteiger charge is -2.23. The maximum absolute atomic E-state index is 5.28. The average molecular weight is 410 g/mol. The molecule has 0 spiro atoms. The standard InChI is InChI=1S/C18H28BrN5O/c1-7-20-18(24(6)11-16-8-15(19)10-23(16)5)21-9-12(2)17-13(3)22-25-14(17)4/h8,10,12H,7,9,11H2,1-6H3,(H,20,21). The first-order valence-electron chi connectivity index (χ1n) is 8.56. The minimum absolute atomic E-state index is 0.262. The van der Waals surface area contributed by atoms with Gasteiger partial charge in [-0.2, -0.15) is 0 Å². The van der Waals surface area contributed by atoms with E-state index in [-0.39, 0.29) is 5.92 Å². The topological polar surface area (TPSA) is 58.6 Å². The number of nitrogens with one attached hydrogen (secondary N) is 1. The number of aromatic nitrogens is 2. The van der Waals surface area contributed by atoms with Gasteiger partial charge in [-0.25, -0.2) is 0 Å². The monoisotopic (exact) mass is 409 g/mol. The highest BCUT2D eigenvalue weighted by molar-refractivity contribution is 9.10. The van der Waals surface area contributed by atoms with E-state index >= 15 is 0 Å². The van der Waals surface area contributed by atoms with Gasteiger partial charge >= 0.3 is 0 Å². The molecule has 0 aliphatic rings. The highest BCUT2D eigenvalue weighted by Crippen LogP contribution is 2.23. The SMILES string of the molecule is CCNC(=NCC(C)c1c(C)noc1C)N(C)Cc1cc(Br)cn1C. The molecular weight excluding hydrogens is 382 g/mol. The first kappa shape index (κ1) is 19.6.